The van der Waals surface area contributed by atoms with E-state index in [0.717, 1.165) is 38.0 Å². The Labute approximate surface area is 89.9 Å². The molecule has 0 saturated heterocycles. The van der Waals surface area contributed by atoms with E-state index in [2.05, 4.69) is 18.2 Å². The van der Waals surface area contributed by atoms with E-state index in [0.29, 0.717) is 5.92 Å². The smallest absolute Gasteiger partial charge is 0.122 e. The SMILES string of the molecule is OC1CCC(c2ccc3c(c2)CCO3)C1. The summed E-state index contributed by atoms with van der Waals surface area (Å²) in [5.74, 6) is 1.61. The second kappa shape index (κ2) is 3.53. The van der Waals surface area contributed by atoms with Crippen molar-refractivity contribution in [1.29, 1.82) is 0 Å². The van der Waals surface area contributed by atoms with Gasteiger partial charge in [-0.2, -0.15) is 0 Å². The molecule has 1 saturated carbocycles. The Hall–Kier alpha value is -1.02. The van der Waals surface area contributed by atoms with Gasteiger partial charge in [-0.3, -0.25) is 0 Å². The highest BCUT2D eigenvalue weighted by molar-refractivity contribution is 5.41. The summed E-state index contributed by atoms with van der Waals surface area (Å²) in [6.07, 6.45) is 3.97. The van der Waals surface area contributed by atoms with Crippen LogP contribution in [-0.4, -0.2) is 17.8 Å². The summed E-state index contributed by atoms with van der Waals surface area (Å²) < 4.78 is 5.49. The highest BCUT2D eigenvalue weighted by atomic mass is 16.5. The Morgan fingerprint density at radius 3 is 3.00 bits per heavy atom. The molecular formula is C13H16O2. The molecule has 15 heavy (non-hydrogen) atoms. The molecule has 2 nitrogen and oxygen atoms in total. The second-order valence-corrected chi connectivity index (χ2v) is 4.63. The van der Waals surface area contributed by atoms with Crippen molar-refractivity contribution in [2.75, 3.05) is 6.61 Å². The summed E-state index contributed by atoms with van der Waals surface area (Å²) >= 11 is 0. The zero-order valence-corrected chi connectivity index (χ0v) is 8.78. The van der Waals surface area contributed by atoms with E-state index in [1.54, 1.807) is 0 Å². The maximum Gasteiger partial charge on any atom is 0.122 e. The maximum atomic E-state index is 9.53. The summed E-state index contributed by atoms with van der Waals surface area (Å²) in [6, 6.07) is 6.51. The van der Waals surface area contributed by atoms with Gasteiger partial charge in [0.2, 0.25) is 0 Å². The number of hydrogen-bond donors (Lipinski definition) is 1. The fraction of sp³-hybridized carbons (Fsp3) is 0.538. The number of ether oxygens (including phenoxy) is 1. The molecule has 2 unspecified atom stereocenters. The average molecular weight is 204 g/mol. The van der Waals surface area contributed by atoms with E-state index in [4.69, 9.17) is 4.74 Å². The quantitative estimate of drug-likeness (QED) is 0.760. The van der Waals surface area contributed by atoms with Crippen LogP contribution in [0.1, 0.15) is 36.3 Å². The van der Waals surface area contributed by atoms with Crippen LogP contribution in [0.2, 0.25) is 0 Å². The van der Waals surface area contributed by atoms with Gasteiger partial charge in [-0.15, -0.1) is 0 Å². The van der Waals surface area contributed by atoms with Crippen LogP contribution >= 0.6 is 0 Å². The van der Waals surface area contributed by atoms with E-state index < -0.39 is 0 Å². The minimum atomic E-state index is -0.0838. The van der Waals surface area contributed by atoms with Crippen LogP contribution in [0.3, 0.4) is 0 Å². The molecule has 1 N–H and O–H groups in total. The van der Waals surface area contributed by atoms with Gasteiger partial charge in [0, 0.05) is 6.42 Å². The predicted molar refractivity (Wildman–Crippen MR) is 58.2 cm³/mol. The minimum Gasteiger partial charge on any atom is -0.493 e. The van der Waals surface area contributed by atoms with Gasteiger partial charge >= 0.3 is 0 Å². The van der Waals surface area contributed by atoms with Gasteiger partial charge in [0.1, 0.15) is 5.75 Å². The average Bonchev–Trinajstić information content (AvgIpc) is 2.84. The maximum absolute atomic E-state index is 9.53. The lowest BCUT2D eigenvalue weighted by atomic mass is 9.95. The monoisotopic (exact) mass is 204 g/mol. The number of rotatable bonds is 1. The fourth-order valence-electron chi connectivity index (χ4n) is 2.72. The summed E-state index contributed by atoms with van der Waals surface area (Å²) in [5, 5.41) is 9.53. The molecule has 3 rings (SSSR count). The number of aliphatic hydroxyl groups excluding tert-OH is 1. The molecule has 0 radical (unpaired) electrons. The molecule has 0 bridgehead atoms. The van der Waals surface area contributed by atoms with Gasteiger partial charge in [0.05, 0.1) is 12.7 Å². The Morgan fingerprint density at radius 1 is 1.27 bits per heavy atom. The molecule has 1 aliphatic carbocycles. The first-order valence-electron chi connectivity index (χ1n) is 5.76. The number of fused-ring (bicyclic) bond motifs is 1. The van der Waals surface area contributed by atoms with E-state index in [-0.39, 0.29) is 6.10 Å². The van der Waals surface area contributed by atoms with Crippen LogP contribution in [0.4, 0.5) is 0 Å². The lowest BCUT2D eigenvalue weighted by molar-refractivity contribution is 0.181. The van der Waals surface area contributed by atoms with Gasteiger partial charge in [0.25, 0.3) is 0 Å². The molecule has 1 fully saturated rings. The Morgan fingerprint density at radius 2 is 2.20 bits per heavy atom. The predicted octanol–water partition coefficient (Wildman–Crippen LogP) is 2.25. The standard InChI is InChI=1S/C13H16O2/c14-12-3-1-10(8-12)9-2-4-13-11(7-9)5-6-15-13/h2,4,7,10,12,14H,1,3,5-6,8H2. The first kappa shape index (κ1) is 9.22. The fourth-order valence-corrected chi connectivity index (χ4v) is 2.72. The van der Waals surface area contributed by atoms with Gasteiger partial charge in [-0.05, 0) is 42.4 Å². The zero-order chi connectivity index (χ0) is 10.3. The van der Waals surface area contributed by atoms with Gasteiger partial charge in [-0.25, -0.2) is 0 Å². The highest BCUT2D eigenvalue weighted by Gasteiger charge is 2.25. The van der Waals surface area contributed by atoms with E-state index in [1.807, 2.05) is 0 Å². The second-order valence-electron chi connectivity index (χ2n) is 4.63. The van der Waals surface area contributed by atoms with Crippen LogP contribution in [-0.2, 0) is 6.42 Å². The summed E-state index contributed by atoms with van der Waals surface area (Å²) in [5.41, 5.74) is 2.73. The van der Waals surface area contributed by atoms with E-state index >= 15 is 0 Å². The Balaban J connectivity index is 1.87. The lowest BCUT2D eigenvalue weighted by Gasteiger charge is -2.10. The minimum absolute atomic E-state index is 0.0838. The third-order valence-electron chi connectivity index (χ3n) is 3.59. The van der Waals surface area contributed by atoms with E-state index in [1.165, 1.54) is 11.1 Å². The van der Waals surface area contributed by atoms with Crippen LogP contribution in [0.5, 0.6) is 5.75 Å². The molecule has 1 heterocycles. The van der Waals surface area contributed by atoms with Crippen LogP contribution in [0, 0.1) is 0 Å². The number of aliphatic hydroxyl groups is 1. The molecule has 2 heteroatoms. The normalized spacial score (nSPS) is 28.9. The van der Waals surface area contributed by atoms with Crippen molar-refractivity contribution < 1.29 is 9.84 Å². The molecule has 80 valence electrons. The Kier molecular flexibility index (Phi) is 2.17. The largest absolute Gasteiger partial charge is 0.493 e. The number of benzene rings is 1. The topological polar surface area (TPSA) is 29.5 Å². The van der Waals surface area contributed by atoms with Crippen molar-refractivity contribution in [3.8, 4) is 5.75 Å². The third kappa shape index (κ3) is 1.63. The van der Waals surface area contributed by atoms with Crippen molar-refractivity contribution in [2.24, 2.45) is 0 Å². The van der Waals surface area contributed by atoms with Crippen LogP contribution in [0.25, 0.3) is 0 Å². The molecule has 1 aromatic carbocycles. The first-order valence-corrected chi connectivity index (χ1v) is 5.76. The summed E-state index contributed by atoms with van der Waals surface area (Å²) in [4.78, 5) is 0. The molecule has 1 aliphatic heterocycles. The zero-order valence-electron chi connectivity index (χ0n) is 8.78. The Bertz CT molecular complexity index is 373. The first-order chi connectivity index (χ1) is 7.33. The van der Waals surface area contributed by atoms with Gasteiger partial charge < -0.3 is 9.84 Å². The van der Waals surface area contributed by atoms with E-state index in [9.17, 15) is 5.11 Å². The summed E-state index contributed by atoms with van der Waals surface area (Å²) in [7, 11) is 0. The van der Waals surface area contributed by atoms with Crippen LogP contribution < -0.4 is 4.74 Å². The van der Waals surface area contributed by atoms with Crippen molar-refractivity contribution in [3.63, 3.8) is 0 Å². The van der Waals surface area contributed by atoms with Crippen molar-refractivity contribution >= 4 is 0 Å². The molecule has 0 aromatic heterocycles. The van der Waals surface area contributed by atoms with Gasteiger partial charge in [0.15, 0.2) is 0 Å². The third-order valence-corrected chi connectivity index (χ3v) is 3.59. The van der Waals surface area contributed by atoms with Crippen molar-refractivity contribution in [2.45, 2.75) is 37.7 Å². The number of hydrogen-bond acceptors (Lipinski definition) is 2. The summed E-state index contributed by atoms with van der Waals surface area (Å²) in [6.45, 7) is 0.825. The molecule has 2 aliphatic rings. The molecule has 1 aromatic rings. The molecular weight excluding hydrogens is 188 g/mol. The van der Waals surface area contributed by atoms with Crippen molar-refractivity contribution in [1.82, 2.24) is 0 Å². The van der Waals surface area contributed by atoms with Crippen LogP contribution in [0.15, 0.2) is 18.2 Å². The van der Waals surface area contributed by atoms with Crippen molar-refractivity contribution in [3.05, 3.63) is 29.3 Å². The molecule has 0 amide bonds. The lowest BCUT2D eigenvalue weighted by Crippen LogP contribution is -1.99. The van der Waals surface area contributed by atoms with Gasteiger partial charge in [-0.1, -0.05) is 12.1 Å². The highest BCUT2D eigenvalue weighted by Crippen LogP contribution is 2.37. The molecule has 2 atom stereocenters. The molecule has 0 spiro atoms.